The third kappa shape index (κ3) is 3.64. The molecule has 0 nitrogen and oxygen atoms in total. The average Bonchev–Trinajstić information content (AvgIpc) is 3.34. The zero-order valence-corrected chi connectivity index (χ0v) is 26.5. The predicted molar refractivity (Wildman–Crippen MR) is 202 cm³/mol. The van der Waals surface area contributed by atoms with Crippen molar-refractivity contribution in [3.05, 3.63) is 169 Å². The van der Waals surface area contributed by atoms with Crippen LogP contribution in [0.25, 0.3) is 87.2 Å². The van der Waals surface area contributed by atoms with E-state index in [0.717, 1.165) is 0 Å². The molecule has 10 rings (SSSR count). The summed E-state index contributed by atoms with van der Waals surface area (Å²) in [6, 6.07) is 58.9. The molecule has 0 spiro atoms. The van der Waals surface area contributed by atoms with Gasteiger partial charge in [0, 0.05) is 5.41 Å². The summed E-state index contributed by atoms with van der Waals surface area (Å²) < 4.78 is 0. The molecule has 0 saturated carbocycles. The molecule has 0 unspecified atom stereocenters. The van der Waals surface area contributed by atoms with E-state index in [-0.39, 0.29) is 5.41 Å². The highest BCUT2D eigenvalue weighted by atomic mass is 14.4. The molecule has 0 radical (unpaired) electrons. The molecule has 0 amide bonds. The highest BCUT2D eigenvalue weighted by Gasteiger charge is 2.37. The highest BCUT2D eigenvalue weighted by Crippen LogP contribution is 2.55. The maximum absolute atomic E-state index is 2.43. The molecule has 1 aliphatic rings. The fourth-order valence-electron chi connectivity index (χ4n) is 8.65. The van der Waals surface area contributed by atoms with Crippen molar-refractivity contribution < 1.29 is 0 Å². The molecule has 9 aromatic rings. The molecule has 0 aliphatic heterocycles. The van der Waals surface area contributed by atoms with Crippen molar-refractivity contribution in [2.45, 2.75) is 19.3 Å². The number of fused-ring (bicyclic) bond motifs is 9. The van der Waals surface area contributed by atoms with Gasteiger partial charge in [-0.1, -0.05) is 153 Å². The molecule has 0 N–H and O–H groups in total. The Morgan fingerprint density at radius 1 is 0.298 bits per heavy atom. The lowest BCUT2D eigenvalue weighted by molar-refractivity contribution is 0.661. The number of hydrogen-bond donors (Lipinski definition) is 0. The first-order valence-electron chi connectivity index (χ1n) is 16.6. The van der Waals surface area contributed by atoms with Gasteiger partial charge >= 0.3 is 0 Å². The van der Waals surface area contributed by atoms with Crippen LogP contribution in [0.3, 0.4) is 0 Å². The molecule has 0 fully saturated rings. The Morgan fingerprint density at radius 3 is 1.40 bits per heavy atom. The van der Waals surface area contributed by atoms with E-state index in [0.29, 0.717) is 0 Å². The fraction of sp³-hybridized carbons (Fsp3) is 0.0638. The van der Waals surface area contributed by atoms with Gasteiger partial charge in [-0.05, 0) is 117 Å². The van der Waals surface area contributed by atoms with Gasteiger partial charge in [0.05, 0.1) is 0 Å². The molecule has 0 heteroatoms. The van der Waals surface area contributed by atoms with Gasteiger partial charge in [-0.15, -0.1) is 0 Å². The minimum Gasteiger partial charge on any atom is -0.0616 e. The van der Waals surface area contributed by atoms with Crippen molar-refractivity contribution in [1.82, 2.24) is 0 Å². The van der Waals surface area contributed by atoms with Gasteiger partial charge in [0.1, 0.15) is 0 Å². The largest absolute Gasteiger partial charge is 0.0616 e. The first kappa shape index (κ1) is 26.5. The third-order valence-corrected chi connectivity index (χ3v) is 10.8. The van der Waals surface area contributed by atoms with Crippen LogP contribution in [0.2, 0.25) is 0 Å². The topological polar surface area (TPSA) is 0 Å². The van der Waals surface area contributed by atoms with Gasteiger partial charge in [-0.3, -0.25) is 0 Å². The van der Waals surface area contributed by atoms with Gasteiger partial charge in [0.15, 0.2) is 0 Å². The Hall–Kier alpha value is -5.72. The van der Waals surface area contributed by atoms with E-state index < -0.39 is 0 Å². The Labute approximate surface area is 274 Å². The quantitative estimate of drug-likeness (QED) is 0.138. The molecular formula is C47H32. The summed E-state index contributed by atoms with van der Waals surface area (Å²) >= 11 is 0. The van der Waals surface area contributed by atoms with E-state index >= 15 is 0 Å². The molecule has 0 atom stereocenters. The first-order chi connectivity index (χ1) is 23.1. The zero-order chi connectivity index (χ0) is 31.3. The van der Waals surface area contributed by atoms with Crippen LogP contribution in [0.15, 0.2) is 158 Å². The number of hydrogen-bond acceptors (Lipinski definition) is 0. The summed E-state index contributed by atoms with van der Waals surface area (Å²) in [6.07, 6.45) is 0. The molecule has 0 bridgehead atoms. The van der Waals surface area contributed by atoms with Gasteiger partial charge < -0.3 is 0 Å². The van der Waals surface area contributed by atoms with Crippen molar-refractivity contribution in [3.63, 3.8) is 0 Å². The maximum atomic E-state index is 2.43. The second kappa shape index (κ2) is 9.64. The van der Waals surface area contributed by atoms with Crippen molar-refractivity contribution in [2.24, 2.45) is 0 Å². The van der Waals surface area contributed by atoms with Crippen LogP contribution in [-0.2, 0) is 5.41 Å². The van der Waals surface area contributed by atoms with Gasteiger partial charge in [-0.25, -0.2) is 0 Å². The summed E-state index contributed by atoms with van der Waals surface area (Å²) in [6.45, 7) is 4.78. The molecule has 1 aliphatic carbocycles. The third-order valence-electron chi connectivity index (χ3n) is 10.8. The van der Waals surface area contributed by atoms with Gasteiger partial charge in [0.25, 0.3) is 0 Å². The second-order valence-electron chi connectivity index (χ2n) is 13.6. The summed E-state index contributed by atoms with van der Waals surface area (Å²) in [5.74, 6) is 0. The normalized spacial score (nSPS) is 13.5. The van der Waals surface area contributed by atoms with Gasteiger partial charge in [0.2, 0.25) is 0 Å². The SMILES string of the molecule is CC1(C)c2cc3ccccc3cc2-c2c(-c3c4ccccc4c(-c4cc5ccccc5c5ccccc45)c4ccccc34)cccc21. The number of benzene rings is 9. The molecule has 0 aromatic heterocycles. The molecule has 0 heterocycles. The predicted octanol–water partition coefficient (Wildman–Crippen LogP) is 13.1. The minimum absolute atomic E-state index is 0.0970. The molecule has 0 saturated heterocycles. The fourth-order valence-corrected chi connectivity index (χ4v) is 8.65. The van der Waals surface area contributed by atoms with Crippen LogP contribution >= 0.6 is 0 Å². The van der Waals surface area contributed by atoms with Crippen LogP contribution in [0.1, 0.15) is 25.0 Å². The molecule has 9 aromatic carbocycles. The Morgan fingerprint density at radius 2 is 0.766 bits per heavy atom. The zero-order valence-electron chi connectivity index (χ0n) is 26.5. The molecule has 47 heavy (non-hydrogen) atoms. The van der Waals surface area contributed by atoms with Crippen molar-refractivity contribution in [3.8, 4) is 33.4 Å². The highest BCUT2D eigenvalue weighted by molar-refractivity contribution is 6.26. The molecule has 220 valence electrons. The van der Waals surface area contributed by atoms with Crippen molar-refractivity contribution >= 4 is 53.9 Å². The van der Waals surface area contributed by atoms with Crippen molar-refractivity contribution in [2.75, 3.05) is 0 Å². The van der Waals surface area contributed by atoms with Crippen LogP contribution in [0.4, 0.5) is 0 Å². The lowest BCUT2D eigenvalue weighted by Crippen LogP contribution is -2.14. The summed E-state index contributed by atoms with van der Waals surface area (Å²) in [5.41, 5.74) is 10.7. The van der Waals surface area contributed by atoms with Crippen molar-refractivity contribution in [1.29, 1.82) is 0 Å². The van der Waals surface area contributed by atoms with E-state index in [1.807, 2.05) is 0 Å². The van der Waals surface area contributed by atoms with Gasteiger partial charge in [-0.2, -0.15) is 0 Å². The summed E-state index contributed by atoms with van der Waals surface area (Å²) in [4.78, 5) is 0. The molecular weight excluding hydrogens is 565 g/mol. The Kier molecular flexibility index (Phi) is 5.44. The van der Waals surface area contributed by atoms with E-state index in [4.69, 9.17) is 0 Å². The minimum atomic E-state index is -0.0970. The monoisotopic (exact) mass is 596 g/mol. The van der Waals surface area contributed by atoms with E-state index in [1.165, 1.54) is 98.4 Å². The lowest BCUT2D eigenvalue weighted by Gasteiger charge is -2.23. The van der Waals surface area contributed by atoms with E-state index in [1.54, 1.807) is 0 Å². The maximum Gasteiger partial charge on any atom is 0.0159 e. The number of rotatable bonds is 2. The van der Waals surface area contributed by atoms with E-state index in [9.17, 15) is 0 Å². The van der Waals surface area contributed by atoms with Crippen LogP contribution in [0, 0.1) is 0 Å². The Bertz CT molecular complexity index is 2700. The van der Waals surface area contributed by atoms with Crippen LogP contribution < -0.4 is 0 Å². The summed E-state index contributed by atoms with van der Waals surface area (Å²) in [7, 11) is 0. The first-order valence-corrected chi connectivity index (χ1v) is 16.6. The second-order valence-corrected chi connectivity index (χ2v) is 13.6. The Balaban J connectivity index is 1.36. The van der Waals surface area contributed by atoms with Crippen LogP contribution in [0.5, 0.6) is 0 Å². The smallest absolute Gasteiger partial charge is 0.0159 e. The van der Waals surface area contributed by atoms with E-state index in [2.05, 4.69) is 172 Å². The average molecular weight is 597 g/mol. The lowest BCUT2D eigenvalue weighted by atomic mass is 9.80. The standard InChI is InChI=1S/C47H32/c1-47(2)42-25-13-24-39(46(42)41-26-29-14-3-4-15-30(29)28-43(41)47)44-35-20-9-11-22-37(35)45(38-23-12-10-21-36(38)44)40-27-31-16-5-6-17-32(31)33-18-7-8-19-34(33)40/h3-28H,1-2H3. The summed E-state index contributed by atoms with van der Waals surface area (Å²) in [5, 5.41) is 12.9. The van der Waals surface area contributed by atoms with Crippen LogP contribution in [-0.4, -0.2) is 0 Å².